The molecule has 3 rings (SSSR count). The van der Waals surface area contributed by atoms with Crippen molar-refractivity contribution in [2.75, 3.05) is 20.1 Å². The van der Waals surface area contributed by atoms with Gasteiger partial charge in [-0.15, -0.1) is 0 Å². The number of likely N-dealkylation sites (N-methyl/N-ethyl adjacent to an activating group) is 1. The van der Waals surface area contributed by atoms with Crippen molar-refractivity contribution < 1.29 is 4.79 Å². The third-order valence-electron chi connectivity index (χ3n) is 4.82. The number of carbonyl (C=O) groups excluding carboxylic acids is 1. The summed E-state index contributed by atoms with van der Waals surface area (Å²) in [7, 11) is 1.80. The van der Waals surface area contributed by atoms with Crippen LogP contribution in [0.3, 0.4) is 0 Å². The summed E-state index contributed by atoms with van der Waals surface area (Å²) in [6.07, 6.45) is 5.03. The Kier molecular flexibility index (Phi) is 4.44. The number of nitriles is 1. The van der Waals surface area contributed by atoms with Crippen LogP contribution in [0.4, 0.5) is 0 Å². The Balaban J connectivity index is 1.70. The topological polar surface area (TPSA) is 47.3 Å². The molecule has 0 radical (unpaired) electrons. The van der Waals surface area contributed by atoms with Crippen molar-refractivity contribution in [2.45, 2.75) is 44.2 Å². The number of hydrogen-bond donors (Lipinski definition) is 0. The van der Waals surface area contributed by atoms with E-state index in [1.165, 1.54) is 24.0 Å². The Hall–Kier alpha value is -1.86. The molecule has 116 valence electrons. The van der Waals surface area contributed by atoms with Gasteiger partial charge in [0.2, 0.25) is 5.91 Å². The van der Waals surface area contributed by atoms with Gasteiger partial charge in [0.25, 0.3) is 0 Å². The molecule has 0 N–H and O–H groups in total. The van der Waals surface area contributed by atoms with Gasteiger partial charge in [-0.3, -0.25) is 9.69 Å². The fraction of sp³-hybridized carbons (Fsp3) is 0.556. The van der Waals surface area contributed by atoms with E-state index >= 15 is 0 Å². The van der Waals surface area contributed by atoms with Gasteiger partial charge in [-0.05, 0) is 36.8 Å². The van der Waals surface area contributed by atoms with E-state index in [1.807, 2.05) is 0 Å². The molecule has 1 atom stereocenters. The van der Waals surface area contributed by atoms with Crippen molar-refractivity contribution in [1.82, 2.24) is 9.80 Å². The van der Waals surface area contributed by atoms with E-state index in [-0.39, 0.29) is 5.91 Å². The van der Waals surface area contributed by atoms with Gasteiger partial charge >= 0.3 is 0 Å². The summed E-state index contributed by atoms with van der Waals surface area (Å²) in [5.74, 6) is 0.131. The molecule has 22 heavy (non-hydrogen) atoms. The summed E-state index contributed by atoms with van der Waals surface area (Å²) >= 11 is 0. The molecule has 0 aromatic heterocycles. The Morgan fingerprint density at radius 2 is 2.09 bits per heavy atom. The summed E-state index contributed by atoms with van der Waals surface area (Å²) in [5.41, 5.74) is 2.84. The van der Waals surface area contributed by atoms with Crippen molar-refractivity contribution in [2.24, 2.45) is 0 Å². The lowest BCUT2D eigenvalue weighted by Gasteiger charge is -2.30. The molecule has 4 heteroatoms. The maximum atomic E-state index is 12.4. The van der Waals surface area contributed by atoms with E-state index in [1.54, 1.807) is 11.9 Å². The molecule has 0 bridgehead atoms. The molecule has 2 aliphatic rings. The zero-order valence-electron chi connectivity index (χ0n) is 13.2. The molecular weight excluding hydrogens is 274 g/mol. The molecule has 4 nitrogen and oxygen atoms in total. The summed E-state index contributed by atoms with van der Waals surface area (Å²) in [6.45, 7) is 1.00. The highest BCUT2D eigenvalue weighted by Gasteiger charge is 2.38. The normalized spacial score (nSPS) is 19.8. The smallest absolute Gasteiger partial charge is 0.236 e. The Morgan fingerprint density at radius 1 is 1.32 bits per heavy atom. The maximum Gasteiger partial charge on any atom is 0.236 e. The minimum absolute atomic E-state index is 0.131. The minimum Gasteiger partial charge on any atom is -0.344 e. The first kappa shape index (κ1) is 15.1. The summed E-state index contributed by atoms with van der Waals surface area (Å²) in [4.78, 5) is 16.5. The van der Waals surface area contributed by atoms with Gasteiger partial charge in [0.05, 0.1) is 19.0 Å². The van der Waals surface area contributed by atoms with Gasteiger partial charge in [-0.2, -0.15) is 5.26 Å². The average molecular weight is 297 g/mol. The molecule has 2 aliphatic carbocycles. The van der Waals surface area contributed by atoms with Crippen molar-refractivity contribution in [1.29, 1.82) is 5.26 Å². The lowest BCUT2D eigenvalue weighted by molar-refractivity contribution is -0.131. The van der Waals surface area contributed by atoms with Crippen LogP contribution in [0, 0.1) is 11.3 Å². The highest BCUT2D eigenvalue weighted by atomic mass is 16.2. The van der Waals surface area contributed by atoms with Gasteiger partial charge in [0.1, 0.15) is 0 Å². The van der Waals surface area contributed by atoms with Crippen LogP contribution in [0.1, 0.15) is 42.9 Å². The number of carbonyl (C=O) groups is 1. The SMILES string of the molecule is CN(CCC#N)C(=O)CN(C1CC1)[C@H]1CCc2ccccc21. The second kappa shape index (κ2) is 6.50. The van der Waals surface area contributed by atoms with E-state index in [4.69, 9.17) is 5.26 Å². The summed E-state index contributed by atoms with van der Waals surface area (Å²) in [5, 5.41) is 8.66. The van der Waals surface area contributed by atoms with Crippen LogP contribution >= 0.6 is 0 Å². The van der Waals surface area contributed by atoms with Gasteiger partial charge < -0.3 is 4.90 Å². The Labute approximate surface area is 132 Å². The predicted octanol–water partition coefficient (Wildman–Crippen LogP) is 2.51. The van der Waals surface area contributed by atoms with E-state index < -0.39 is 0 Å². The molecule has 0 spiro atoms. The van der Waals surface area contributed by atoms with Crippen LogP contribution in [-0.2, 0) is 11.2 Å². The summed E-state index contributed by atoms with van der Waals surface area (Å²) < 4.78 is 0. The monoisotopic (exact) mass is 297 g/mol. The number of nitrogens with zero attached hydrogens (tertiary/aromatic N) is 3. The molecule has 0 saturated heterocycles. The van der Waals surface area contributed by atoms with E-state index in [2.05, 4.69) is 35.2 Å². The van der Waals surface area contributed by atoms with Crippen LogP contribution < -0.4 is 0 Å². The zero-order chi connectivity index (χ0) is 15.5. The van der Waals surface area contributed by atoms with Gasteiger partial charge in [0.15, 0.2) is 0 Å². The second-order valence-corrected chi connectivity index (χ2v) is 6.38. The van der Waals surface area contributed by atoms with Gasteiger partial charge in [-0.25, -0.2) is 0 Å². The van der Waals surface area contributed by atoms with Crippen LogP contribution in [0.25, 0.3) is 0 Å². The van der Waals surface area contributed by atoms with Crippen molar-refractivity contribution in [3.8, 4) is 6.07 Å². The maximum absolute atomic E-state index is 12.4. The molecule has 0 aliphatic heterocycles. The number of hydrogen-bond acceptors (Lipinski definition) is 3. The van der Waals surface area contributed by atoms with Crippen molar-refractivity contribution in [3.05, 3.63) is 35.4 Å². The van der Waals surface area contributed by atoms with E-state index in [0.29, 0.717) is 31.6 Å². The van der Waals surface area contributed by atoms with Crippen LogP contribution in [0.2, 0.25) is 0 Å². The van der Waals surface area contributed by atoms with Crippen LogP contribution in [0.5, 0.6) is 0 Å². The van der Waals surface area contributed by atoms with E-state index in [0.717, 1.165) is 12.8 Å². The zero-order valence-corrected chi connectivity index (χ0v) is 13.2. The molecule has 0 heterocycles. The first-order chi connectivity index (χ1) is 10.7. The summed E-state index contributed by atoms with van der Waals surface area (Å²) in [6, 6.07) is 11.7. The highest BCUT2D eigenvalue weighted by molar-refractivity contribution is 5.78. The molecule has 1 aromatic carbocycles. The second-order valence-electron chi connectivity index (χ2n) is 6.38. The van der Waals surface area contributed by atoms with Gasteiger partial charge in [0, 0.05) is 25.7 Å². The van der Waals surface area contributed by atoms with Gasteiger partial charge in [-0.1, -0.05) is 24.3 Å². The number of fused-ring (bicyclic) bond motifs is 1. The van der Waals surface area contributed by atoms with Crippen molar-refractivity contribution in [3.63, 3.8) is 0 Å². The van der Waals surface area contributed by atoms with Crippen molar-refractivity contribution >= 4 is 5.91 Å². The molecule has 0 unspecified atom stereocenters. The highest BCUT2D eigenvalue weighted by Crippen LogP contribution is 2.41. The molecule has 1 aromatic rings. The Bertz CT molecular complexity index is 588. The number of rotatable bonds is 6. The first-order valence-electron chi connectivity index (χ1n) is 8.15. The standard InChI is InChI=1S/C18H23N3O/c1-20(12-4-11-19)18(22)13-21(15-8-9-15)17-10-7-14-5-2-3-6-16(14)17/h2-3,5-6,15,17H,4,7-10,12-13H2,1H3/t17-/m0/s1. The van der Waals surface area contributed by atoms with Crippen LogP contribution in [-0.4, -0.2) is 41.9 Å². The third-order valence-corrected chi connectivity index (χ3v) is 4.82. The molecule has 1 fully saturated rings. The third kappa shape index (κ3) is 3.15. The average Bonchev–Trinajstić information content (AvgIpc) is 3.29. The minimum atomic E-state index is 0.131. The fourth-order valence-corrected chi connectivity index (χ4v) is 3.40. The van der Waals surface area contributed by atoms with Crippen LogP contribution in [0.15, 0.2) is 24.3 Å². The van der Waals surface area contributed by atoms with E-state index in [9.17, 15) is 4.79 Å². The molecule has 1 amide bonds. The lowest BCUT2D eigenvalue weighted by Crippen LogP contribution is -2.41. The molecule has 1 saturated carbocycles. The fourth-order valence-electron chi connectivity index (χ4n) is 3.40. The molecular formula is C18H23N3O. The number of aryl methyl sites for hydroxylation is 1. The number of amides is 1. The quantitative estimate of drug-likeness (QED) is 0.810. The predicted molar refractivity (Wildman–Crippen MR) is 85.1 cm³/mol. The lowest BCUT2D eigenvalue weighted by atomic mass is 10.1. The first-order valence-corrected chi connectivity index (χ1v) is 8.15. The largest absolute Gasteiger partial charge is 0.344 e. The number of benzene rings is 1. The Morgan fingerprint density at radius 3 is 2.82 bits per heavy atom.